The van der Waals surface area contributed by atoms with E-state index in [1.807, 2.05) is 35.1 Å². The van der Waals surface area contributed by atoms with Gasteiger partial charge in [-0.1, -0.05) is 36.4 Å². The van der Waals surface area contributed by atoms with Gasteiger partial charge in [0, 0.05) is 26.8 Å². The van der Waals surface area contributed by atoms with Crippen LogP contribution >= 0.6 is 0 Å². The van der Waals surface area contributed by atoms with E-state index < -0.39 is 16.1 Å². The summed E-state index contributed by atoms with van der Waals surface area (Å²) in [5, 5.41) is 4.96. The van der Waals surface area contributed by atoms with Gasteiger partial charge < -0.3 is 20.1 Å². The maximum atomic E-state index is 12.6. The molecule has 172 valence electrons. The first kappa shape index (κ1) is 24.9. The molecule has 0 atom stereocenters. The summed E-state index contributed by atoms with van der Waals surface area (Å²) in [5.41, 5.74) is 1.55. The second-order valence-corrected chi connectivity index (χ2v) is 8.24. The molecule has 0 bridgehead atoms. The minimum Gasteiger partial charge on any atom is -0.490 e. The molecule has 0 heterocycles. The molecule has 0 saturated heterocycles. The van der Waals surface area contributed by atoms with Gasteiger partial charge >= 0.3 is 6.03 Å². The predicted octanol–water partition coefficient (Wildman–Crippen LogP) is 1.70. The van der Waals surface area contributed by atoms with Crippen LogP contribution in [0.5, 0.6) is 5.75 Å². The Morgan fingerprint density at radius 2 is 1.81 bits per heavy atom. The number of urea groups is 1. The van der Waals surface area contributed by atoms with E-state index in [4.69, 9.17) is 9.47 Å². The van der Waals surface area contributed by atoms with Crippen molar-refractivity contribution in [2.75, 3.05) is 33.9 Å². The van der Waals surface area contributed by atoms with Gasteiger partial charge in [0.1, 0.15) is 17.3 Å². The van der Waals surface area contributed by atoms with Crippen molar-refractivity contribution in [3.8, 4) is 5.75 Å². The van der Waals surface area contributed by atoms with Crippen molar-refractivity contribution in [2.45, 2.75) is 11.3 Å². The third-order valence-electron chi connectivity index (χ3n) is 4.24. The topological polar surface area (TPSA) is 123 Å². The Kier molecular flexibility index (Phi) is 9.71. The van der Waals surface area contributed by atoms with Crippen LogP contribution in [0, 0.1) is 0 Å². The standard InChI is InChI=1S/C22H27N3O6S/c1-23-22(27)25-32(28,29)20-16-18(8-10-19(20)31-15-14-30-2)12-13-24-21(26)11-9-17-6-4-3-5-7-17/h3-11,16H,12-15H2,1-2H3,(H,24,26)(H2,23,25,27)/b11-9+. The molecule has 2 aromatic carbocycles. The van der Waals surface area contributed by atoms with Crippen LogP contribution in [-0.2, 0) is 26.0 Å². The minimum atomic E-state index is -4.17. The number of carbonyl (C=O) groups is 2. The Hall–Kier alpha value is -3.37. The Balaban J connectivity index is 2.07. The summed E-state index contributed by atoms with van der Waals surface area (Å²) in [6.45, 7) is 0.707. The van der Waals surface area contributed by atoms with Crippen LogP contribution in [0.4, 0.5) is 4.79 Å². The molecule has 0 unspecified atom stereocenters. The van der Waals surface area contributed by atoms with Crippen molar-refractivity contribution < 1.29 is 27.5 Å². The number of sulfonamides is 1. The average Bonchev–Trinajstić information content (AvgIpc) is 2.79. The number of rotatable bonds is 11. The van der Waals surface area contributed by atoms with Crippen molar-refractivity contribution in [3.63, 3.8) is 0 Å². The van der Waals surface area contributed by atoms with Gasteiger partial charge in [-0.15, -0.1) is 0 Å². The van der Waals surface area contributed by atoms with Gasteiger partial charge in [0.25, 0.3) is 10.0 Å². The lowest BCUT2D eigenvalue weighted by molar-refractivity contribution is -0.116. The van der Waals surface area contributed by atoms with Crippen LogP contribution in [0.15, 0.2) is 59.5 Å². The molecule has 0 fully saturated rings. The summed E-state index contributed by atoms with van der Waals surface area (Å²) >= 11 is 0. The lowest BCUT2D eigenvalue weighted by Gasteiger charge is -2.14. The van der Waals surface area contributed by atoms with Gasteiger partial charge in [-0.05, 0) is 35.8 Å². The van der Waals surface area contributed by atoms with Gasteiger partial charge in [-0.25, -0.2) is 17.9 Å². The number of amides is 3. The largest absolute Gasteiger partial charge is 0.490 e. The highest BCUT2D eigenvalue weighted by Crippen LogP contribution is 2.25. The van der Waals surface area contributed by atoms with Crippen molar-refractivity contribution in [3.05, 3.63) is 65.7 Å². The number of methoxy groups -OCH3 is 1. The van der Waals surface area contributed by atoms with Crippen LogP contribution in [0.2, 0.25) is 0 Å². The summed E-state index contributed by atoms with van der Waals surface area (Å²) in [6.07, 6.45) is 3.52. The summed E-state index contributed by atoms with van der Waals surface area (Å²) in [7, 11) is -1.36. The fourth-order valence-electron chi connectivity index (χ4n) is 2.63. The fraction of sp³-hybridized carbons (Fsp3) is 0.273. The Bertz CT molecular complexity index is 1040. The predicted molar refractivity (Wildman–Crippen MR) is 121 cm³/mol. The van der Waals surface area contributed by atoms with Crippen LogP contribution in [0.25, 0.3) is 6.08 Å². The van der Waals surface area contributed by atoms with E-state index in [0.29, 0.717) is 18.5 Å². The van der Waals surface area contributed by atoms with Crippen molar-refractivity contribution in [1.82, 2.24) is 15.4 Å². The highest BCUT2D eigenvalue weighted by molar-refractivity contribution is 7.90. The molecule has 2 aromatic rings. The first-order valence-corrected chi connectivity index (χ1v) is 11.3. The number of benzene rings is 2. The van der Waals surface area contributed by atoms with Crippen LogP contribution in [-0.4, -0.2) is 54.3 Å². The van der Waals surface area contributed by atoms with E-state index in [0.717, 1.165) is 5.56 Å². The number of carbonyl (C=O) groups excluding carboxylic acids is 2. The second kappa shape index (κ2) is 12.5. The molecule has 0 spiro atoms. The summed E-state index contributed by atoms with van der Waals surface area (Å²) in [4.78, 5) is 23.4. The van der Waals surface area contributed by atoms with Crippen LogP contribution < -0.4 is 20.1 Å². The van der Waals surface area contributed by atoms with E-state index in [2.05, 4.69) is 10.6 Å². The Morgan fingerprint density at radius 3 is 2.50 bits per heavy atom. The van der Waals surface area contributed by atoms with Crippen LogP contribution in [0.3, 0.4) is 0 Å². The molecule has 9 nitrogen and oxygen atoms in total. The molecule has 0 aliphatic carbocycles. The van der Waals surface area contributed by atoms with Crippen molar-refractivity contribution in [1.29, 1.82) is 0 Å². The number of ether oxygens (including phenoxy) is 2. The summed E-state index contributed by atoms with van der Waals surface area (Å²) < 4.78 is 37.6. The third-order valence-corrected chi connectivity index (χ3v) is 5.59. The maximum Gasteiger partial charge on any atom is 0.328 e. The van der Waals surface area contributed by atoms with Gasteiger partial charge in [-0.2, -0.15) is 0 Å². The molecular weight excluding hydrogens is 434 g/mol. The molecule has 2 rings (SSSR count). The average molecular weight is 462 g/mol. The molecule has 0 aliphatic rings. The first-order valence-electron chi connectivity index (χ1n) is 9.86. The Morgan fingerprint density at radius 1 is 1.06 bits per heavy atom. The zero-order valence-corrected chi connectivity index (χ0v) is 18.8. The van der Waals surface area contributed by atoms with Crippen molar-refractivity contribution >= 4 is 28.0 Å². The van der Waals surface area contributed by atoms with Gasteiger partial charge in [0.05, 0.1) is 6.61 Å². The molecule has 3 amide bonds. The molecule has 0 radical (unpaired) electrons. The molecule has 32 heavy (non-hydrogen) atoms. The molecule has 3 N–H and O–H groups in total. The van der Waals surface area contributed by atoms with E-state index in [-0.39, 0.29) is 29.8 Å². The zero-order chi connectivity index (χ0) is 23.4. The van der Waals surface area contributed by atoms with Crippen LogP contribution in [0.1, 0.15) is 11.1 Å². The van der Waals surface area contributed by atoms with E-state index >= 15 is 0 Å². The molecule has 0 saturated carbocycles. The van der Waals surface area contributed by atoms with E-state index in [1.54, 1.807) is 12.1 Å². The lowest BCUT2D eigenvalue weighted by atomic mass is 10.1. The molecule has 10 heteroatoms. The monoisotopic (exact) mass is 461 g/mol. The highest BCUT2D eigenvalue weighted by atomic mass is 32.2. The SMILES string of the molecule is CNC(=O)NS(=O)(=O)c1cc(CCNC(=O)/C=C/c2ccccc2)ccc1OCCOC. The first-order chi connectivity index (χ1) is 15.4. The minimum absolute atomic E-state index is 0.0945. The van der Waals surface area contributed by atoms with Gasteiger partial charge in [-0.3, -0.25) is 4.79 Å². The molecule has 0 aliphatic heterocycles. The fourth-order valence-corrected chi connectivity index (χ4v) is 3.78. The lowest BCUT2D eigenvalue weighted by Crippen LogP contribution is -2.37. The Labute approximate surface area is 187 Å². The maximum absolute atomic E-state index is 12.6. The normalized spacial score (nSPS) is 11.2. The van der Waals surface area contributed by atoms with E-state index in [9.17, 15) is 18.0 Å². The number of nitrogens with one attached hydrogen (secondary N) is 3. The quantitative estimate of drug-likeness (QED) is 0.346. The van der Waals surface area contributed by atoms with Crippen molar-refractivity contribution in [2.24, 2.45) is 0 Å². The molecule has 0 aromatic heterocycles. The highest BCUT2D eigenvalue weighted by Gasteiger charge is 2.22. The number of hydrogen-bond acceptors (Lipinski definition) is 6. The summed E-state index contributed by atoms with van der Waals surface area (Å²) in [5.74, 6) is -0.167. The zero-order valence-electron chi connectivity index (χ0n) is 18.0. The summed E-state index contributed by atoms with van der Waals surface area (Å²) in [6, 6.07) is 13.2. The van der Waals surface area contributed by atoms with Gasteiger partial charge in [0.2, 0.25) is 5.91 Å². The third kappa shape index (κ3) is 8.05. The second-order valence-electron chi connectivity index (χ2n) is 6.59. The molecular formula is C22H27N3O6S. The van der Waals surface area contributed by atoms with E-state index in [1.165, 1.54) is 32.4 Å². The number of hydrogen-bond donors (Lipinski definition) is 3. The van der Waals surface area contributed by atoms with Gasteiger partial charge in [0.15, 0.2) is 0 Å². The smallest absolute Gasteiger partial charge is 0.328 e.